The van der Waals surface area contributed by atoms with E-state index in [1.54, 1.807) is 0 Å². The molecule has 3 fully saturated rings. The molecule has 0 bridgehead atoms. The molecule has 0 aromatic rings. The summed E-state index contributed by atoms with van der Waals surface area (Å²) in [6.45, 7) is -3.11. The molecule has 270 valence electrons. The van der Waals surface area contributed by atoms with Crippen molar-refractivity contribution in [1.82, 2.24) is 0 Å². The van der Waals surface area contributed by atoms with Gasteiger partial charge in [0.2, 0.25) is 6.29 Å². The van der Waals surface area contributed by atoms with E-state index >= 15 is 0 Å². The Morgan fingerprint density at radius 3 is 1.57 bits per heavy atom. The van der Waals surface area contributed by atoms with Gasteiger partial charge in [0.05, 0.1) is 38.6 Å². The van der Waals surface area contributed by atoms with Crippen LogP contribution in [0.3, 0.4) is 0 Å². The van der Waals surface area contributed by atoms with Crippen molar-refractivity contribution in [2.75, 3.05) is 26.4 Å². The summed E-state index contributed by atoms with van der Waals surface area (Å²) in [6.07, 6.45) is -26.0. The Morgan fingerprint density at radius 1 is 0.574 bits per heavy atom. The summed E-state index contributed by atoms with van der Waals surface area (Å²) in [5.41, 5.74) is -1.95. The van der Waals surface area contributed by atoms with Gasteiger partial charge in [-0.15, -0.1) is 0 Å². The molecule has 5 rings (SSSR count). The second kappa shape index (κ2) is 14.8. The summed E-state index contributed by atoms with van der Waals surface area (Å²) in [5, 5.41) is 134. The minimum Gasteiger partial charge on any atom is -0.472 e. The molecule has 4 heterocycles. The molecule has 4 aliphatic heterocycles. The fourth-order valence-corrected chi connectivity index (χ4v) is 6.39. The Bertz CT molecular complexity index is 1110. The SMILES string of the molecule is OCC1=CC(O)C2(OC3O[C@H](CO)[C@@H](O)[C@H](O)[C@H]3OC3O[C@H](CO)[C@@H](O)[C@H](O)[C@H]3O)C=CO[C@@H](OC3O[C@H](CO)[C@@H](O)[C@H](O)[C@H]3O)C12. The van der Waals surface area contributed by atoms with E-state index in [9.17, 15) is 66.4 Å². The fraction of sp³-hybridized carbons (Fsp3) is 0.852. The first-order valence-electron chi connectivity index (χ1n) is 14.9. The Labute approximate surface area is 266 Å². The Hall–Kier alpha value is -1.48. The van der Waals surface area contributed by atoms with Gasteiger partial charge in [-0.3, -0.25) is 0 Å². The maximum atomic E-state index is 11.3. The van der Waals surface area contributed by atoms with Crippen LogP contribution in [0.4, 0.5) is 0 Å². The summed E-state index contributed by atoms with van der Waals surface area (Å²) in [7, 11) is 0. The van der Waals surface area contributed by atoms with Crippen molar-refractivity contribution in [1.29, 1.82) is 0 Å². The van der Waals surface area contributed by atoms with E-state index in [4.69, 9.17) is 33.2 Å². The molecule has 47 heavy (non-hydrogen) atoms. The minimum absolute atomic E-state index is 0.0675. The van der Waals surface area contributed by atoms with Crippen LogP contribution in [0.25, 0.3) is 0 Å². The fourth-order valence-electron chi connectivity index (χ4n) is 6.39. The van der Waals surface area contributed by atoms with Crippen LogP contribution in [-0.4, -0.2) is 203 Å². The Kier molecular flexibility index (Phi) is 11.6. The van der Waals surface area contributed by atoms with Gasteiger partial charge in [0.15, 0.2) is 18.9 Å². The lowest BCUT2D eigenvalue weighted by atomic mass is 9.82. The van der Waals surface area contributed by atoms with Gasteiger partial charge in [0.1, 0.15) is 85.0 Å². The Balaban J connectivity index is 1.44. The van der Waals surface area contributed by atoms with Gasteiger partial charge in [-0.1, -0.05) is 6.08 Å². The van der Waals surface area contributed by atoms with Gasteiger partial charge in [0.25, 0.3) is 0 Å². The molecule has 0 aromatic heterocycles. The zero-order chi connectivity index (χ0) is 34.4. The average Bonchev–Trinajstić information content (AvgIpc) is 3.35. The van der Waals surface area contributed by atoms with Crippen LogP contribution in [-0.2, 0) is 33.2 Å². The van der Waals surface area contributed by atoms with Crippen molar-refractivity contribution in [3.8, 4) is 0 Å². The van der Waals surface area contributed by atoms with Crippen LogP contribution in [0.1, 0.15) is 0 Å². The van der Waals surface area contributed by atoms with E-state index in [2.05, 4.69) is 0 Å². The van der Waals surface area contributed by atoms with Crippen LogP contribution in [0.15, 0.2) is 24.0 Å². The van der Waals surface area contributed by atoms with E-state index in [1.165, 1.54) is 12.2 Å². The topological polar surface area (TPSA) is 328 Å². The number of hydrogen-bond acceptors (Lipinski definition) is 20. The van der Waals surface area contributed by atoms with Crippen molar-refractivity contribution in [3.63, 3.8) is 0 Å². The highest BCUT2D eigenvalue weighted by Crippen LogP contribution is 2.48. The molecule has 20 nitrogen and oxygen atoms in total. The average molecular weight is 687 g/mol. The number of aliphatic hydroxyl groups excluding tert-OH is 13. The summed E-state index contributed by atoms with van der Waals surface area (Å²) < 4.78 is 39.8. The molecule has 19 atom stereocenters. The minimum atomic E-state index is -2.02. The maximum absolute atomic E-state index is 11.3. The van der Waals surface area contributed by atoms with E-state index in [0.29, 0.717) is 0 Å². The summed E-state index contributed by atoms with van der Waals surface area (Å²) in [4.78, 5) is 0. The second-order valence-electron chi connectivity index (χ2n) is 11.9. The van der Waals surface area contributed by atoms with Gasteiger partial charge >= 0.3 is 0 Å². The smallest absolute Gasteiger partial charge is 0.211 e. The quantitative estimate of drug-likeness (QED) is 0.0949. The zero-order valence-electron chi connectivity index (χ0n) is 24.6. The molecule has 0 spiro atoms. The first-order chi connectivity index (χ1) is 22.3. The molecule has 1 aliphatic carbocycles. The zero-order valence-corrected chi connectivity index (χ0v) is 24.6. The molecule has 3 saturated heterocycles. The highest BCUT2D eigenvalue weighted by Gasteiger charge is 2.61. The predicted molar refractivity (Wildman–Crippen MR) is 144 cm³/mol. The third kappa shape index (κ3) is 6.59. The van der Waals surface area contributed by atoms with Crippen LogP contribution < -0.4 is 0 Å². The van der Waals surface area contributed by atoms with Crippen molar-refractivity contribution in [2.24, 2.45) is 5.92 Å². The van der Waals surface area contributed by atoms with Crippen molar-refractivity contribution in [3.05, 3.63) is 24.0 Å². The van der Waals surface area contributed by atoms with Gasteiger partial charge < -0.3 is 99.5 Å². The molecular weight excluding hydrogens is 644 g/mol. The lowest BCUT2D eigenvalue weighted by Gasteiger charge is -2.50. The van der Waals surface area contributed by atoms with Crippen molar-refractivity contribution >= 4 is 0 Å². The number of rotatable bonds is 10. The number of fused-ring (bicyclic) bond motifs is 1. The molecule has 0 radical (unpaired) electrons. The first-order valence-corrected chi connectivity index (χ1v) is 14.9. The first kappa shape index (κ1) is 36.8. The van der Waals surface area contributed by atoms with Crippen molar-refractivity contribution in [2.45, 2.75) is 110 Å². The molecule has 5 aliphatic rings. The summed E-state index contributed by atoms with van der Waals surface area (Å²) in [5.74, 6) is -1.31. The van der Waals surface area contributed by atoms with Gasteiger partial charge in [-0.25, -0.2) is 0 Å². The predicted octanol–water partition coefficient (Wildman–Crippen LogP) is -8.04. The largest absolute Gasteiger partial charge is 0.472 e. The molecule has 13 N–H and O–H groups in total. The molecule has 0 amide bonds. The Morgan fingerprint density at radius 2 is 1.06 bits per heavy atom. The lowest BCUT2D eigenvalue weighted by molar-refractivity contribution is -0.388. The van der Waals surface area contributed by atoms with Gasteiger partial charge in [-0.05, 0) is 11.6 Å². The molecule has 20 heteroatoms. The monoisotopic (exact) mass is 686 g/mol. The van der Waals surface area contributed by atoms with Gasteiger partial charge in [-0.2, -0.15) is 0 Å². The van der Waals surface area contributed by atoms with E-state index in [0.717, 1.165) is 6.26 Å². The third-order valence-corrected chi connectivity index (χ3v) is 9.12. The second-order valence-corrected chi connectivity index (χ2v) is 11.9. The lowest BCUT2D eigenvalue weighted by Crippen LogP contribution is -2.67. The van der Waals surface area contributed by atoms with Crippen LogP contribution in [0.5, 0.6) is 0 Å². The van der Waals surface area contributed by atoms with E-state index in [-0.39, 0.29) is 5.57 Å². The summed E-state index contributed by atoms with van der Waals surface area (Å²) >= 11 is 0. The molecular formula is C27H42O20. The van der Waals surface area contributed by atoms with Crippen molar-refractivity contribution < 1.29 is 99.5 Å². The number of ether oxygens (including phenoxy) is 7. The molecule has 0 saturated carbocycles. The molecule has 0 aromatic carbocycles. The summed E-state index contributed by atoms with van der Waals surface area (Å²) in [6, 6.07) is 0. The van der Waals surface area contributed by atoms with Crippen LogP contribution >= 0.6 is 0 Å². The normalized spacial score (nSPS) is 51.7. The maximum Gasteiger partial charge on any atom is 0.211 e. The molecule has 6 unspecified atom stereocenters. The number of hydrogen-bond donors (Lipinski definition) is 13. The highest BCUT2D eigenvalue weighted by atomic mass is 16.8. The van der Waals surface area contributed by atoms with Crippen LogP contribution in [0, 0.1) is 5.92 Å². The van der Waals surface area contributed by atoms with Gasteiger partial charge in [0, 0.05) is 0 Å². The van der Waals surface area contributed by atoms with E-state index in [1.807, 2.05) is 0 Å². The van der Waals surface area contributed by atoms with Crippen LogP contribution in [0.2, 0.25) is 0 Å². The van der Waals surface area contributed by atoms with E-state index < -0.39 is 142 Å². The standard InChI is InChI=1S/C27H42O20/c28-4-8-3-12(32)27(1-2-41-23(13(8)27)46-25-21(40)18(37)15(34)10(6-30)43-25)47-26-22(19(38)16(35)11(7-31)44-26)45-24-20(39)17(36)14(33)9(5-29)42-24/h1-3,9-26,28-40H,4-7H2/t9-,10-,11-,12?,13?,14-,15-,16-,17+,18+,19+,20-,21-,22-,23+,24?,25?,26?,27?/m1/s1. The number of aliphatic hydroxyl groups is 13. The third-order valence-electron chi connectivity index (χ3n) is 9.12. The highest BCUT2D eigenvalue weighted by molar-refractivity contribution is 5.34.